The Bertz CT molecular complexity index is 790. The van der Waals surface area contributed by atoms with Gasteiger partial charge in [-0.2, -0.15) is 4.99 Å². The van der Waals surface area contributed by atoms with Gasteiger partial charge in [0.2, 0.25) is 0 Å². The summed E-state index contributed by atoms with van der Waals surface area (Å²) in [6, 6.07) is 8.65. The highest BCUT2D eigenvalue weighted by Gasteiger charge is 2.12. The van der Waals surface area contributed by atoms with E-state index < -0.39 is 23.3 Å². The summed E-state index contributed by atoms with van der Waals surface area (Å²) in [5, 5.41) is 9.16. The van der Waals surface area contributed by atoms with Gasteiger partial charge < -0.3 is 16.6 Å². The van der Waals surface area contributed by atoms with Crippen LogP contribution in [0.25, 0.3) is 17.2 Å². The lowest BCUT2D eigenvalue weighted by Crippen LogP contribution is -2.23. The van der Waals surface area contributed by atoms with Crippen LogP contribution in [0.2, 0.25) is 0 Å². The predicted octanol–water partition coefficient (Wildman–Crippen LogP) is 2.15. The summed E-state index contributed by atoms with van der Waals surface area (Å²) in [5.74, 6) is -4.21. The summed E-state index contributed by atoms with van der Waals surface area (Å²) in [7, 11) is 0. The number of nitrogens with zero attached hydrogens (tertiary/aromatic N) is 1. The zero-order valence-corrected chi connectivity index (χ0v) is 11.8. The molecular weight excluding hydrogens is 304 g/mol. The second kappa shape index (κ2) is 6.69. The first-order valence-electron chi connectivity index (χ1n) is 6.47. The number of amides is 1. The Labute approximate surface area is 130 Å². The molecule has 2 aromatic carbocycles. The average molecular weight is 317 g/mol. The number of phenols is 1. The van der Waals surface area contributed by atoms with E-state index in [0.717, 1.165) is 18.2 Å². The number of benzene rings is 2. The Balaban J connectivity index is 2.44. The zero-order chi connectivity index (χ0) is 17.0. The van der Waals surface area contributed by atoms with Crippen molar-refractivity contribution in [3.05, 3.63) is 59.7 Å². The molecule has 0 saturated carbocycles. The Morgan fingerprint density at radius 1 is 1.13 bits per heavy atom. The van der Waals surface area contributed by atoms with E-state index in [-0.39, 0.29) is 11.5 Å². The van der Waals surface area contributed by atoms with Crippen LogP contribution in [0.1, 0.15) is 5.56 Å². The molecule has 118 valence electrons. The summed E-state index contributed by atoms with van der Waals surface area (Å²) in [6.45, 7) is 0. The lowest BCUT2D eigenvalue weighted by atomic mass is 9.99. The van der Waals surface area contributed by atoms with Gasteiger partial charge >= 0.3 is 0 Å². The lowest BCUT2D eigenvalue weighted by Gasteiger charge is -2.08. The van der Waals surface area contributed by atoms with E-state index in [1.54, 1.807) is 24.3 Å². The van der Waals surface area contributed by atoms with Crippen LogP contribution in [0.15, 0.2) is 47.5 Å². The Morgan fingerprint density at radius 2 is 1.74 bits per heavy atom. The minimum atomic E-state index is -1.07. The number of rotatable bonds is 3. The maximum absolute atomic E-state index is 13.5. The molecule has 23 heavy (non-hydrogen) atoms. The number of phenolic OH excluding ortho intramolecular Hbond substituents is 1. The molecule has 0 heterocycles. The van der Waals surface area contributed by atoms with Crippen LogP contribution in [-0.2, 0) is 4.79 Å². The summed E-state index contributed by atoms with van der Waals surface area (Å²) in [4.78, 5) is 14.8. The molecule has 5 nitrogen and oxygen atoms in total. The van der Waals surface area contributed by atoms with Crippen molar-refractivity contribution in [2.75, 3.05) is 0 Å². The summed E-state index contributed by atoms with van der Waals surface area (Å²) >= 11 is 0. The van der Waals surface area contributed by atoms with Crippen LogP contribution in [0.3, 0.4) is 0 Å². The maximum Gasteiger partial charge on any atom is 0.272 e. The number of guanidine groups is 1. The van der Waals surface area contributed by atoms with Crippen LogP contribution in [-0.4, -0.2) is 17.0 Å². The maximum atomic E-state index is 13.5. The Kier molecular flexibility index (Phi) is 4.70. The highest BCUT2D eigenvalue weighted by Crippen LogP contribution is 2.30. The fourth-order valence-corrected chi connectivity index (χ4v) is 1.95. The molecule has 0 spiro atoms. The highest BCUT2D eigenvalue weighted by molar-refractivity contribution is 6.00. The Hall–Kier alpha value is -3.22. The second-order valence-corrected chi connectivity index (χ2v) is 4.58. The number of carbonyl (C=O) groups excluding carboxylic acids is 1. The molecule has 0 atom stereocenters. The average Bonchev–Trinajstić information content (AvgIpc) is 2.50. The molecule has 0 unspecified atom stereocenters. The smallest absolute Gasteiger partial charge is 0.272 e. The van der Waals surface area contributed by atoms with Gasteiger partial charge in [0.25, 0.3) is 5.91 Å². The molecule has 2 rings (SSSR count). The van der Waals surface area contributed by atoms with Gasteiger partial charge in [-0.15, -0.1) is 0 Å². The second-order valence-electron chi connectivity index (χ2n) is 4.58. The number of nitrogens with two attached hydrogens (primary N) is 2. The number of hydrogen-bond donors (Lipinski definition) is 3. The molecule has 0 aliphatic heterocycles. The van der Waals surface area contributed by atoms with Crippen molar-refractivity contribution in [3.63, 3.8) is 0 Å². The van der Waals surface area contributed by atoms with Crippen molar-refractivity contribution < 1.29 is 18.7 Å². The highest BCUT2D eigenvalue weighted by atomic mass is 19.1. The molecule has 5 N–H and O–H groups in total. The van der Waals surface area contributed by atoms with Crippen LogP contribution in [0.4, 0.5) is 8.78 Å². The summed E-state index contributed by atoms with van der Waals surface area (Å²) in [5.41, 5.74) is 11.4. The van der Waals surface area contributed by atoms with Crippen LogP contribution >= 0.6 is 0 Å². The number of aromatic hydroxyl groups is 1. The number of aliphatic imine (C=N–C) groups is 1. The largest absolute Gasteiger partial charge is 0.503 e. The van der Waals surface area contributed by atoms with Gasteiger partial charge in [-0.25, -0.2) is 8.78 Å². The number of carbonyl (C=O) groups is 1. The minimum absolute atomic E-state index is 0.215. The molecule has 7 heteroatoms. The van der Waals surface area contributed by atoms with Crippen LogP contribution in [0, 0.1) is 11.6 Å². The van der Waals surface area contributed by atoms with Crippen molar-refractivity contribution in [3.8, 4) is 16.9 Å². The molecule has 2 aromatic rings. The monoisotopic (exact) mass is 317 g/mol. The number of hydrogen-bond acceptors (Lipinski definition) is 2. The molecule has 0 aromatic heterocycles. The molecule has 0 radical (unpaired) electrons. The quantitative estimate of drug-likeness (QED) is 0.458. The minimum Gasteiger partial charge on any atom is -0.503 e. The van der Waals surface area contributed by atoms with Gasteiger partial charge in [-0.1, -0.05) is 24.3 Å². The van der Waals surface area contributed by atoms with E-state index in [1.165, 1.54) is 6.08 Å². The first-order chi connectivity index (χ1) is 10.9. The third-order valence-electron chi connectivity index (χ3n) is 2.93. The van der Waals surface area contributed by atoms with Gasteiger partial charge in [0.15, 0.2) is 23.3 Å². The van der Waals surface area contributed by atoms with E-state index in [4.69, 9.17) is 16.6 Å². The first kappa shape index (κ1) is 16.2. The molecule has 0 aliphatic carbocycles. The number of halogens is 2. The zero-order valence-electron chi connectivity index (χ0n) is 11.8. The molecule has 0 saturated heterocycles. The molecule has 1 amide bonds. The van der Waals surface area contributed by atoms with E-state index in [1.807, 2.05) is 0 Å². The standard InChI is InChI=1S/C16H13F2N3O2/c17-12-7-10(8-13(18)15(12)23)11-4-2-1-3-9(11)5-6-14(22)21-16(19)20/h1-8,23H,(H4,19,20,21,22). The fourth-order valence-electron chi connectivity index (χ4n) is 1.95. The van der Waals surface area contributed by atoms with Gasteiger partial charge in [0, 0.05) is 6.08 Å². The SMILES string of the molecule is NC(N)=NC(=O)C=Cc1ccccc1-c1cc(F)c(O)c(F)c1. The topological polar surface area (TPSA) is 102 Å². The predicted molar refractivity (Wildman–Crippen MR) is 83.3 cm³/mol. The van der Waals surface area contributed by atoms with Crippen molar-refractivity contribution in [1.29, 1.82) is 0 Å². The van der Waals surface area contributed by atoms with E-state index in [9.17, 15) is 13.6 Å². The third-order valence-corrected chi connectivity index (χ3v) is 2.93. The summed E-state index contributed by atoms with van der Waals surface area (Å²) in [6.07, 6.45) is 2.55. The van der Waals surface area contributed by atoms with Gasteiger partial charge in [0.05, 0.1) is 0 Å². The molecule has 0 fully saturated rings. The molecule has 0 aliphatic rings. The molecular formula is C16H13F2N3O2. The fraction of sp³-hybridized carbons (Fsp3) is 0. The summed E-state index contributed by atoms with van der Waals surface area (Å²) < 4.78 is 27.0. The van der Waals surface area contributed by atoms with E-state index >= 15 is 0 Å². The lowest BCUT2D eigenvalue weighted by molar-refractivity contribution is -0.113. The third kappa shape index (κ3) is 3.91. The Morgan fingerprint density at radius 3 is 2.35 bits per heavy atom. The van der Waals surface area contributed by atoms with E-state index in [0.29, 0.717) is 11.1 Å². The van der Waals surface area contributed by atoms with Crippen molar-refractivity contribution in [2.45, 2.75) is 0 Å². The van der Waals surface area contributed by atoms with Crippen molar-refractivity contribution >= 4 is 17.9 Å². The van der Waals surface area contributed by atoms with Crippen molar-refractivity contribution in [2.24, 2.45) is 16.5 Å². The normalized spacial score (nSPS) is 10.7. The molecule has 0 bridgehead atoms. The van der Waals surface area contributed by atoms with Crippen molar-refractivity contribution in [1.82, 2.24) is 0 Å². The van der Waals surface area contributed by atoms with Crippen LogP contribution < -0.4 is 11.5 Å². The van der Waals surface area contributed by atoms with Crippen LogP contribution in [0.5, 0.6) is 5.75 Å². The van der Waals surface area contributed by atoms with Gasteiger partial charge in [-0.3, -0.25) is 4.79 Å². The van der Waals surface area contributed by atoms with Gasteiger partial charge in [-0.05, 0) is 34.9 Å². The van der Waals surface area contributed by atoms with E-state index in [2.05, 4.69) is 4.99 Å². The first-order valence-corrected chi connectivity index (χ1v) is 6.47. The van der Waals surface area contributed by atoms with Gasteiger partial charge in [0.1, 0.15) is 0 Å².